The molecule has 0 radical (unpaired) electrons. The van der Waals surface area contributed by atoms with E-state index in [2.05, 4.69) is 0 Å². The number of piperazine rings is 1. The van der Waals surface area contributed by atoms with Crippen LogP contribution in [-0.2, 0) is 4.79 Å². The van der Waals surface area contributed by atoms with Crippen LogP contribution >= 0.6 is 0 Å². The van der Waals surface area contributed by atoms with Crippen LogP contribution in [0.2, 0.25) is 0 Å². The molecule has 4 aliphatic carbocycles. The summed E-state index contributed by atoms with van der Waals surface area (Å²) < 4.78 is 0. The normalized spacial score (nSPS) is 33.0. The van der Waals surface area contributed by atoms with Gasteiger partial charge in [0, 0.05) is 43.9 Å². The van der Waals surface area contributed by atoms with Gasteiger partial charge in [-0.1, -0.05) is 0 Å². The average molecular weight is 397 g/mol. The van der Waals surface area contributed by atoms with Gasteiger partial charge in [-0.05, 0) is 68.4 Å². The van der Waals surface area contributed by atoms with Crippen LogP contribution in [0.25, 0.3) is 0 Å². The Bertz CT molecular complexity index is 807. The molecule has 1 saturated heterocycles. The number of hydrogen-bond donors (Lipinski definition) is 0. The number of carbonyl (C=O) groups is 2. The fraction of sp³-hybridized carbons (Fsp3) is 0.636. The maximum absolute atomic E-state index is 13.5. The lowest BCUT2D eigenvalue weighted by atomic mass is 9.49. The maximum atomic E-state index is 13.5. The first-order chi connectivity index (χ1) is 13.9. The number of benzene rings is 1. The van der Waals surface area contributed by atoms with Gasteiger partial charge in [-0.2, -0.15) is 0 Å². The number of rotatable bonds is 3. The molecule has 6 rings (SSSR count). The Hall–Kier alpha value is -2.44. The fourth-order valence-electron chi connectivity index (χ4n) is 6.73. The van der Waals surface area contributed by atoms with Crippen LogP contribution in [-0.4, -0.2) is 52.7 Å². The third-order valence-electron chi connectivity index (χ3n) is 7.67. The van der Waals surface area contributed by atoms with Crippen LogP contribution in [0.5, 0.6) is 0 Å². The lowest BCUT2D eigenvalue weighted by Gasteiger charge is -2.57. The van der Waals surface area contributed by atoms with Crippen molar-refractivity contribution in [2.75, 3.05) is 26.2 Å². The van der Waals surface area contributed by atoms with E-state index >= 15 is 0 Å². The fourth-order valence-corrected chi connectivity index (χ4v) is 6.73. The van der Waals surface area contributed by atoms with Crippen molar-refractivity contribution in [2.45, 2.75) is 38.5 Å². The van der Waals surface area contributed by atoms with Crippen LogP contribution in [0.15, 0.2) is 24.3 Å². The molecule has 0 atom stereocenters. The van der Waals surface area contributed by atoms with E-state index in [4.69, 9.17) is 0 Å². The number of nitro benzene ring substituents is 1. The summed E-state index contributed by atoms with van der Waals surface area (Å²) >= 11 is 0. The first-order valence-electron chi connectivity index (χ1n) is 10.8. The van der Waals surface area contributed by atoms with Crippen molar-refractivity contribution in [3.8, 4) is 0 Å². The summed E-state index contributed by atoms with van der Waals surface area (Å²) in [6, 6.07) is 5.74. The van der Waals surface area contributed by atoms with Crippen LogP contribution < -0.4 is 0 Å². The summed E-state index contributed by atoms with van der Waals surface area (Å²) in [5.74, 6) is 2.45. The highest BCUT2D eigenvalue weighted by molar-refractivity contribution is 5.94. The summed E-state index contributed by atoms with van der Waals surface area (Å²) in [6.45, 7) is 2.21. The standard InChI is InChI=1S/C22H27N3O4/c26-20(18-1-3-19(4-2-18)25(28)29)23-5-7-24(8-6-23)21(27)22-12-15-9-16(13-22)11-17(10-15)14-22/h1-4,15-17H,5-14H2. The Morgan fingerprint density at radius 2 is 1.34 bits per heavy atom. The Morgan fingerprint density at radius 3 is 1.83 bits per heavy atom. The van der Waals surface area contributed by atoms with Gasteiger partial charge in [0.15, 0.2) is 0 Å². The molecular weight excluding hydrogens is 370 g/mol. The molecule has 1 heterocycles. The number of carbonyl (C=O) groups excluding carboxylic acids is 2. The molecule has 5 fully saturated rings. The number of non-ortho nitro benzene ring substituents is 1. The highest BCUT2D eigenvalue weighted by Gasteiger charge is 2.55. The van der Waals surface area contributed by atoms with Crippen molar-refractivity contribution in [2.24, 2.45) is 23.2 Å². The summed E-state index contributed by atoms with van der Waals surface area (Å²) in [4.78, 5) is 40.3. The van der Waals surface area contributed by atoms with Gasteiger partial charge >= 0.3 is 0 Å². The van der Waals surface area contributed by atoms with Gasteiger partial charge in [0.25, 0.3) is 11.6 Å². The van der Waals surface area contributed by atoms with E-state index in [9.17, 15) is 19.7 Å². The average Bonchev–Trinajstić information content (AvgIpc) is 2.72. The molecule has 1 aromatic carbocycles. The van der Waals surface area contributed by atoms with E-state index in [-0.39, 0.29) is 17.0 Å². The molecule has 7 heteroatoms. The zero-order chi connectivity index (χ0) is 20.2. The van der Waals surface area contributed by atoms with E-state index in [1.165, 1.54) is 43.5 Å². The molecule has 0 N–H and O–H groups in total. The second kappa shape index (κ2) is 6.82. The van der Waals surface area contributed by atoms with Crippen molar-refractivity contribution in [3.05, 3.63) is 39.9 Å². The van der Waals surface area contributed by atoms with Crippen LogP contribution in [0, 0.1) is 33.3 Å². The molecular formula is C22H27N3O4. The Balaban J connectivity index is 1.22. The molecule has 2 amide bonds. The van der Waals surface area contributed by atoms with Crippen molar-refractivity contribution in [1.29, 1.82) is 0 Å². The van der Waals surface area contributed by atoms with Gasteiger partial charge in [0.05, 0.1) is 10.3 Å². The van der Waals surface area contributed by atoms with E-state index in [0.29, 0.717) is 37.6 Å². The number of amides is 2. The third-order valence-corrected chi connectivity index (χ3v) is 7.67. The predicted octanol–water partition coefficient (Wildman–Crippen LogP) is 3.10. The van der Waals surface area contributed by atoms with Crippen molar-refractivity contribution < 1.29 is 14.5 Å². The van der Waals surface area contributed by atoms with E-state index < -0.39 is 4.92 Å². The van der Waals surface area contributed by atoms with Crippen molar-refractivity contribution in [3.63, 3.8) is 0 Å². The second-order valence-corrected chi connectivity index (χ2v) is 9.59. The number of nitro groups is 1. The SMILES string of the molecule is O=C(c1ccc([N+](=O)[O-])cc1)N1CCN(C(=O)C23CC4CC(CC(C4)C2)C3)CC1. The third kappa shape index (κ3) is 3.20. The van der Waals surface area contributed by atoms with E-state index in [1.807, 2.05) is 4.90 Å². The second-order valence-electron chi connectivity index (χ2n) is 9.59. The highest BCUT2D eigenvalue weighted by Crippen LogP contribution is 2.60. The van der Waals surface area contributed by atoms with Gasteiger partial charge in [-0.15, -0.1) is 0 Å². The van der Waals surface area contributed by atoms with E-state index in [1.54, 1.807) is 4.90 Å². The largest absolute Gasteiger partial charge is 0.339 e. The molecule has 0 spiro atoms. The molecule has 4 bridgehead atoms. The van der Waals surface area contributed by atoms with Crippen LogP contribution in [0.4, 0.5) is 5.69 Å². The zero-order valence-corrected chi connectivity index (χ0v) is 16.6. The number of nitrogens with zero attached hydrogens (tertiary/aromatic N) is 3. The Labute approximate surface area is 170 Å². The molecule has 5 aliphatic rings. The lowest BCUT2D eigenvalue weighted by molar-refractivity contribution is -0.384. The summed E-state index contributed by atoms with van der Waals surface area (Å²) in [6.07, 6.45) is 7.18. The van der Waals surface area contributed by atoms with Crippen LogP contribution in [0.1, 0.15) is 48.9 Å². The maximum Gasteiger partial charge on any atom is 0.269 e. The first kappa shape index (κ1) is 18.6. The molecule has 1 aromatic rings. The lowest BCUT2D eigenvalue weighted by Crippen LogP contribution is -2.58. The smallest absolute Gasteiger partial charge is 0.269 e. The molecule has 1 aliphatic heterocycles. The van der Waals surface area contributed by atoms with Gasteiger partial charge in [-0.25, -0.2) is 0 Å². The predicted molar refractivity (Wildman–Crippen MR) is 106 cm³/mol. The summed E-state index contributed by atoms with van der Waals surface area (Å²) in [5, 5.41) is 10.8. The first-order valence-corrected chi connectivity index (χ1v) is 10.8. The van der Waals surface area contributed by atoms with Crippen molar-refractivity contribution >= 4 is 17.5 Å². The van der Waals surface area contributed by atoms with Crippen molar-refractivity contribution in [1.82, 2.24) is 9.80 Å². The molecule has 0 unspecified atom stereocenters. The quantitative estimate of drug-likeness (QED) is 0.580. The topological polar surface area (TPSA) is 83.8 Å². The summed E-state index contributed by atoms with van der Waals surface area (Å²) in [5.41, 5.74) is 0.309. The minimum atomic E-state index is -0.469. The highest BCUT2D eigenvalue weighted by atomic mass is 16.6. The van der Waals surface area contributed by atoms with Crippen LogP contribution in [0.3, 0.4) is 0 Å². The Morgan fingerprint density at radius 1 is 0.862 bits per heavy atom. The minimum Gasteiger partial charge on any atom is -0.339 e. The molecule has 7 nitrogen and oxygen atoms in total. The van der Waals surface area contributed by atoms with Gasteiger partial charge < -0.3 is 9.80 Å². The minimum absolute atomic E-state index is 0.0208. The molecule has 0 aromatic heterocycles. The van der Waals surface area contributed by atoms with Gasteiger partial charge in [0.1, 0.15) is 0 Å². The number of hydrogen-bond acceptors (Lipinski definition) is 4. The van der Waals surface area contributed by atoms with Gasteiger partial charge in [-0.3, -0.25) is 19.7 Å². The summed E-state index contributed by atoms with van der Waals surface area (Å²) in [7, 11) is 0. The van der Waals surface area contributed by atoms with E-state index in [0.717, 1.165) is 37.0 Å². The zero-order valence-electron chi connectivity index (χ0n) is 16.6. The molecule has 154 valence electrons. The monoisotopic (exact) mass is 397 g/mol. The molecule has 29 heavy (non-hydrogen) atoms. The Kier molecular flexibility index (Phi) is 4.37. The van der Waals surface area contributed by atoms with Gasteiger partial charge in [0.2, 0.25) is 5.91 Å². The molecule has 4 saturated carbocycles.